The van der Waals surface area contributed by atoms with E-state index in [4.69, 9.17) is 16.0 Å². The van der Waals surface area contributed by atoms with E-state index in [-0.39, 0.29) is 23.4 Å². The van der Waals surface area contributed by atoms with Crippen LogP contribution in [0.5, 0.6) is 0 Å². The third-order valence-electron chi connectivity index (χ3n) is 7.31. The number of oxazole rings is 1. The number of hydrogen-bond acceptors (Lipinski definition) is 6. The molecule has 0 aliphatic heterocycles. The number of aromatic carboxylic acids is 1. The fraction of sp³-hybridized carbons (Fsp3) is 0.147. The Morgan fingerprint density at radius 2 is 1.54 bits per heavy atom. The number of nitrogens with one attached hydrogen (secondary N) is 2. The number of amides is 2. The van der Waals surface area contributed by atoms with E-state index < -0.39 is 59.3 Å². The molecule has 12 heteroatoms. The van der Waals surface area contributed by atoms with Crippen LogP contribution in [0.4, 0.5) is 8.78 Å². The van der Waals surface area contributed by atoms with Gasteiger partial charge < -0.3 is 20.2 Å². The molecule has 5 aromatic rings. The smallest absolute Gasteiger partial charge is 0.335 e. The molecule has 1 aromatic heterocycles. The van der Waals surface area contributed by atoms with Crippen molar-refractivity contribution in [1.29, 1.82) is 0 Å². The zero-order chi connectivity index (χ0) is 33.0. The van der Waals surface area contributed by atoms with Crippen molar-refractivity contribution in [2.45, 2.75) is 31.8 Å². The Morgan fingerprint density at radius 3 is 2.20 bits per heavy atom. The Bertz CT molecular complexity index is 1910. The summed E-state index contributed by atoms with van der Waals surface area (Å²) in [6.45, 7) is 1.65. The van der Waals surface area contributed by atoms with Gasteiger partial charge in [-0.2, -0.15) is 0 Å². The zero-order valence-electron chi connectivity index (χ0n) is 24.2. The summed E-state index contributed by atoms with van der Waals surface area (Å²) in [4.78, 5) is 55.7. The van der Waals surface area contributed by atoms with Crippen molar-refractivity contribution < 1.29 is 37.5 Å². The standard InChI is InChI=1S/C34H26ClF2N3O6/c1-2-26(30(41)33-40-27-8-3-4-9-29(27)46-33)38-32(43)28(17-22-24(36)6-5-7-25(22)37)39-31(42)19-12-10-18(11-13-19)21-16-20(34(44)45)14-15-23(21)35/h3-16,26,28H,2,17H2,1H3,(H,38,43)(H,39,42)(H,44,45)/t26-,28-/m0/s1. The van der Waals surface area contributed by atoms with Gasteiger partial charge in [0.15, 0.2) is 5.58 Å². The Morgan fingerprint density at radius 1 is 0.870 bits per heavy atom. The van der Waals surface area contributed by atoms with E-state index in [9.17, 15) is 33.1 Å². The number of ketones is 1. The fourth-order valence-electron chi connectivity index (χ4n) is 4.81. The topological polar surface area (TPSA) is 139 Å². The second-order valence-electron chi connectivity index (χ2n) is 10.3. The summed E-state index contributed by atoms with van der Waals surface area (Å²) >= 11 is 6.27. The zero-order valence-corrected chi connectivity index (χ0v) is 25.0. The lowest BCUT2D eigenvalue weighted by atomic mass is 10.0. The second kappa shape index (κ2) is 13.7. The van der Waals surface area contributed by atoms with Gasteiger partial charge in [0.1, 0.15) is 23.2 Å². The van der Waals surface area contributed by atoms with Crippen LogP contribution in [0.2, 0.25) is 5.02 Å². The van der Waals surface area contributed by atoms with Crippen molar-refractivity contribution in [3.05, 3.63) is 124 Å². The van der Waals surface area contributed by atoms with Gasteiger partial charge in [-0.05, 0) is 66.6 Å². The van der Waals surface area contributed by atoms with Gasteiger partial charge in [0.25, 0.3) is 11.8 Å². The average molecular weight is 646 g/mol. The summed E-state index contributed by atoms with van der Waals surface area (Å²) in [5, 5.41) is 14.7. The number of carbonyl (C=O) groups excluding carboxylic acids is 3. The van der Waals surface area contributed by atoms with Gasteiger partial charge in [-0.25, -0.2) is 18.6 Å². The normalized spacial score (nSPS) is 12.3. The number of carbonyl (C=O) groups is 4. The van der Waals surface area contributed by atoms with Crippen LogP contribution in [0.15, 0.2) is 89.3 Å². The van der Waals surface area contributed by atoms with Crippen LogP contribution in [0.1, 0.15) is 50.3 Å². The maximum Gasteiger partial charge on any atom is 0.335 e. The molecular weight excluding hydrogens is 620 g/mol. The highest BCUT2D eigenvalue weighted by Crippen LogP contribution is 2.29. The van der Waals surface area contributed by atoms with Crippen molar-refractivity contribution in [1.82, 2.24) is 15.6 Å². The van der Waals surface area contributed by atoms with Crippen molar-refractivity contribution in [2.24, 2.45) is 0 Å². The highest BCUT2D eigenvalue weighted by Gasteiger charge is 2.30. The van der Waals surface area contributed by atoms with Crippen LogP contribution in [-0.4, -0.2) is 45.7 Å². The van der Waals surface area contributed by atoms with Crippen LogP contribution in [0, 0.1) is 11.6 Å². The van der Waals surface area contributed by atoms with Crippen molar-refractivity contribution in [3.63, 3.8) is 0 Å². The molecule has 2 atom stereocenters. The Kier molecular flexibility index (Phi) is 9.53. The Balaban J connectivity index is 1.38. The van der Waals surface area contributed by atoms with Crippen molar-refractivity contribution in [2.75, 3.05) is 0 Å². The summed E-state index contributed by atoms with van der Waals surface area (Å²) in [6, 6.07) is 17.5. The van der Waals surface area contributed by atoms with Crippen molar-refractivity contribution in [3.8, 4) is 11.1 Å². The second-order valence-corrected chi connectivity index (χ2v) is 10.7. The third kappa shape index (κ3) is 6.94. The molecule has 0 unspecified atom stereocenters. The van der Waals surface area contributed by atoms with Crippen LogP contribution in [-0.2, 0) is 11.2 Å². The first kappa shape index (κ1) is 32.0. The summed E-state index contributed by atoms with van der Waals surface area (Å²) in [5.41, 5.74) is 1.48. The Hall–Kier alpha value is -5.42. The molecule has 0 saturated carbocycles. The molecule has 0 spiro atoms. The van der Waals surface area contributed by atoms with E-state index in [0.29, 0.717) is 27.2 Å². The van der Waals surface area contributed by atoms with Gasteiger partial charge in [-0.15, -0.1) is 0 Å². The van der Waals surface area contributed by atoms with Crippen molar-refractivity contribution >= 4 is 46.3 Å². The highest BCUT2D eigenvalue weighted by atomic mass is 35.5. The number of carboxylic acids is 1. The number of benzene rings is 4. The SMILES string of the molecule is CC[C@H](NC(=O)[C@H](Cc1c(F)cccc1F)NC(=O)c1ccc(-c2cc(C(=O)O)ccc2Cl)cc1)C(=O)c1nc2ccccc2o1. The monoisotopic (exact) mass is 645 g/mol. The molecule has 0 fully saturated rings. The van der Waals surface area contributed by atoms with Gasteiger partial charge >= 0.3 is 5.97 Å². The quantitative estimate of drug-likeness (QED) is 0.145. The van der Waals surface area contributed by atoms with Crippen LogP contribution in [0.25, 0.3) is 22.2 Å². The number of carboxylic acid groups (broad SMARTS) is 1. The predicted molar refractivity (Wildman–Crippen MR) is 166 cm³/mol. The molecule has 5 rings (SSSR count). The predicted octanol–water partition coefficient (Wildman–Crippen LogP) is 6.24. The lowest BCUT2D eigenvalue weighted by molar-refractivity contribution is -0.123. The Labute approximate surface area is 266 Å². The minimum atomic E-state index is -1.49. The number of hydrogen-bond donors (Lipinski definition) is 3. The molecule has 0 aliphatic rings. The maximum absolute atomic E-state index is 14.6. The number of fused-ring (bicyclic) bond motifs is 1. The highest BCUT2D eigenvalue weighted by molar-refractivity contribution is 6.33. The molecule has 4 aromatic carbocycles. The van der Waals surface area contributed by atoms with Gasteiger partial charge in [-0.3, -0.25) is 14.4 Å². The van der Waals surface area contributed by atoms with Crippen LogP contribution >= 0.6 is 11.6 Å². The van der Waals surface area contributed by atoms with E-state index in [1.54, 1.807) is 43.3 Å². The number of Topliss-reactive ketones (excluding diaryl/α,β-unsaturated/α-hetero) is 1. The average Bonchev–Trinajstić information content (AvgIpc) is 3.49. The molecule has 234 valence electrons. The maximum atomic E-state index is 14.6. The largest absolute Gasteiger partial charge is 0.478 e. The molecule has 0 radical (unpaired) electrons. The molecule has 3 N–H and O–H groups in total. The summed E-state index contributed by atoms with van der Waals surface area (Å²) in [6.07, 6.45) is -0.426. The van der Waals surface area contributed by atoms with E-state index in [2.05, 4.69) is 15.6 Å². The third-order valence-corrected chi connectivity index (χ3v) is 7.64. The molecule has 0 aliphatic carbocycles. The van der Waals surface area contributed by atoms with E-state index >= 15 is 0 Å². The van der Waals surface area contributed by atoms with Gasteiger partial charge in [-0.1, -0.05) is 48.9 Å². The van der Waals surface area contributed by atoms with Gasteiger partial charge in [0.05, 0.1) is 11.6 Å². The molecule has 9 nitrogen and oxygen atoms in total. The lowest BCUT2D eigenvalue weighted by Crippen LogP contribution is -2.52. The fourth-order valence-corrected chi connectivity index (χ4v) is 5.04. The lowest BCUT2D eigenvalue weighted by Gasteiger charge is -2.22. The number of nitrogens with zero attached hydrogens (tertiary/aromatic N) is 1. The number of aromatic nitrogens is 1. The van der Waals surface area contributed by atoms with Crippen LogP contribution < -0.4 is 10.6 Å². The molecule has 0 saturated heterocycles. The molecular formula is C34H26ClF2N3O6. The molecule has 2 amide bonds. The van der Waals surface area contributed by atoms with E-state index in [1.165, 1.54) is 36.4 Å². The summed E-state index contributed by atoms with van der Waals surface area (Å²) in [5.74, 6) is -5.39. The van der Waals surface area contributed by atoms with Gasteiger partial charge in [0.2, 0.25) is 11.7 Å². The number of halogens is 3. The summed E-state index contributed by atoms with van der Waals surface area (Å²) < 4.78 is 34.8. The molecule has 1 heterocycles. The number of rotatable bonds is 11. The minimum absolute atomic E-state index is 0.0235. The minimum Gasteiger partial charge on any atom is -0.478 e. The van der Waals surface area contributed by atoms with E-state index in [1.807, 2.05) is 0 Å². The van der Waals surface area contributed by atoms with E-state index in [0.717, 1.165) is 12.1 Å². The first-order chi connectivity index (χ1) is 22.0. The molecule has 0 bridgehead atoms. The first-order valence-corrected chi connectivity index (χ1v) is 14.5. The van der Waals surface area contributed by atoms with Crippen LogP contribution in [0.3, 0.4) is 0 Å². The summed E-state index contributed by atoms with van der Waals surface area (Å²) in [7, 11) is 0. The molecule has 46 heavy (non-hydrogen) atoms. The van der Waals surface area contributed by atoms with Gasteiger partial charge in [0, 0.05) is 28.1 Å². The number of para-hydroxylation sites is 2. The first-order valence-electron chi connectivity index (χ1n) is 14.1.